The molecule has 0 atom stereocenters. The number of carbonyl (C=O) groups excluding carboxylic acids is 1. The summed E-state index contributed by atoms with van der Waals surface area (Å²) in [6.07, 6.45) is 5.00. The number of hydrogen-bond acceptors (Lipinski definition) is 8. The van der Waals surface area contributed by atoms with Gasteiger partial charge in [0.05, 0.1) is 24.0 Å². The zero-order valence-electron chi connectivity index (χ0n) is 19.1. The summed E-state index contributed by atoms with van der Waals surface area (Å²) < 4.78 is 8.87. The fourth-order valence-corrected chi connectivity index (χ4v) is 3.20. The molecule has 0 bridgehead atoms. The zero-order chi connectivity index (χ0) is 23.6. The zero-order valence-corrected chi connectivity index (χ0v) is 19.1. The van der Waals surface area contributed by atoms with Crippen LogP contribution in [0.3, 0.4) is 0 Å². The molecular formula is C22H25N9O2. The number of benzene rings is 1. The number of rotatable bonds is 6. The molecule has 0 aliphatic rings. The molecule has 11 heteroatoms. The first-order valence-electron chi connectivity index (χ1n) is 10.3. The molecule has 0 radical (unpaired) electrons. The summed E-state index contributed by atoms with van der Waals surface area (Å²) in [5.41, 5.74) is 1.47. The van der Waals surface area contributed by atoms with Crippen molar-refractivity contribution >= 4 is 17.3 Å². The first-order chi connectivity index (χ1) is 15.7. The van der Waals surface area contributed by atoms with E-state index in [2.05, 4.69) is 36.0 Å². The molecular weight excluding hydrogens is 422 g/mol. The van der Waals surface area contributed by atoms with E-state index in [1.165, 1.54) is 0 Å². The van der Waals surface area contributed by atoms with Gasteiger partial charge in [-0.15, -0.1) is 10.2 Å². The van der Waals surface area contributed by atoms with E-state index in [1.807, 2.05) is 39.0 Å². The van der Waals surface area contributed by atoms with Crippen LogP contribution in [0.2, 0.25) is 0 Å². The van der Waals surface area contributed by atoms with Crippen molar-refractivity contribution in [3.8, 4) is 23.0 Å². The Balaban J connectivity index is 1.79. The summed E-state index contributed by atoms with van der Waals surface area (Å²) in [5.74, 6) is 1.15. The first kappa shape index (κ1) is 21.9. The van der Waals surface area contributed by atoms with Gasteiger partial charge in [0.25, 0.3) is 5.91 Å². The Labute approximate surface area is 190 Å². The number of aryl methyl sites for hydroxylation is 1. The van der Waals surface area contributed by atoms with Gasteiger partial charge in [-0.25, -0.2) is 9.67 Å². The molecule has 4 aromatic rings. The van der Waals surface area contributed by atoms with Gasteiger partial charge in [0, 0.05) is 31.0 Å². The van der Waals surface area contributed by atoms with Gasteiger partial charge < -0.3 is 15.4 Å². The topological polar surface area (TPSA) is 125 Å². The molecule has 1 amide bonds. The average molecular weight is 448 g/mol. The van der Waals surface area contributed by atoms with Crippen LogP contribution in [-0.2, 0) is 7.05 Å². The quantitative estimate of drug-likeness (QED) is 0.462. The van der Waals surface area contributed by atoms with Gasteiger partial charge >= 0.3 is 0 Å². The number of aromatic nitrogens is 7. The monoisotopic (exact) mass is 447 g/mol. The number of nitrogens with one attached hydrogen (secondary N) is 2. The van der Waals surface area contributed by atoms with Crippen molar-refractivity contribution in [3.63, 3.8) is 0 Å². The van der Waals surface area contributed by atoms with Crippen LogP contribution >= 0.6 is 0 Å². The number of hydrogen-bond donors (Lipinski definition) is 2. The summed E-state index contributed by atoms with van der Waals surface area (Å²) >= 11 is 0. The van der Waals surface area contributed by atoms with E-state index < -0.39 is 5.54 Å². The van der Waals surface area contributed by atoms with E-state index in [9.17, 15) is 4.79 Å². The second-order valence-corrected chi connectivity index (χ2v) is 8.37. The maximum absolute atomic E-state index is 13.0. The number of para-hydroxylation sites is 1. The van der Waals surface area contributed by atoms with Crippen LogP contribution in [0.15, 0.2) is 49.1 Å². The van der Waals surface area contributed by atoms with Crippen molar-refractivity contribution < 1.29 is 9.53 Å². The lowest BCUT2D eigenvalue weighted by molar-refractivity contribution is 0.0914. The Kier molecular flexibility index (Phi) is 5.78. The number of carbonyl (C=O) groups is 1. The highest BCUT2D eigenvalue weighted by atomic mass is 16.5. The number of ether oxygens (including phenoxy) is 1. The van der Waals surface area contributed by atoms with Crippen LogP contribution in [0.4, 0.5) is 11.4 Å². The number of amides is 1. The van der Waals surface area contributed by atoms with Crippen LogP contribution in [0.5, 0.6) is 5.75 Å². The Bertz CT molecular complexity index is 1270. The highest BCUT2D eigenvalue weighted by molar-refractivity contribution is 5.99. The average Bonchev–Trinajstić information content (AvgIpc) is 3.44. The van der Waals surface area contributed by atoms with Gasteiger partial charge in [0.1, 0.15) is 6.33 Å². The molecule has 0 spiro atoms. The summed E-state index contributed by atoms with van der Waals surface area (Å²) in [4.78, 5) is 17.3. The Morgan fingerprint density at radius 2 is 1.94 bits per heavy atom. The van der Waals surface area contributed by atoms with Crippen LogP contribution in [-0.4, -0.2) is 53.3 Å². The van der Waals surface area contributed by atoms with E-state index in [4.69, 9.17) is 4.74 Å². The minimum Gasteiger partial charge on any atom is -0.494 e. The highest BCUT2D eigenvalue weighted by Crippen LogP contribution is 2.37. The van der Waals surface area contributed by atoms with Crippen molar-refractivity contribution in [2.45, 2.75) is 26.3 Å². The molecule has 2 N–H and O–H groups in total. The van der Waals surface area contributed by atoms with Gasteiger partial charge in [-0.05, 0) is 39.0 Å². The lowest BCUT2D eigenvalue weighted by Gasteiger charge is -2.21. The van der Waals surface area contributed by atoms with E-state index in [1.54, 1.807) is 54.4 Å². The normalized spacial score (nSPS) is 11.3. The van der Waals surface area contributed by atoms with E-state index >= 15 is 0 Å². The molecule has 11 nitrogen and oxygen atoms in total. The second-order valence-electron chi connectivity index (χ2n) is 8.37. The van der Waals surface area contributed by atoms with Gasteiger partial charge in [0.15, 0.2) is 23.1 Å². The smallest absolute Gasteiger partial charge is 0.274 e. The standard InChI is InChI=1S/C22H25N9O2/c1-22(2,3)26-21(32)18-16(12-17(27-28-18)31-11-7-10-24-31)25-15-9-6-8-14(19(15)33-5)20-23-13-30(4)29-20/h6-13H,1-5H3,(H,25,27)(H,26,32). The van der Waals surface area contributed by atoms with Crippen molar-refractivity contribution in [3.05, 3.63) is 54.7 Å². The fourth-order valence-electron chi connectivity index (χ4n) is 3.20. The van der Waals surface area contributed by atoms with Gasteiger partial charge in [-0.3, -0.25) is 9.48 Å². The van der Waals surface area contributed by atoms with Crippen LogP contribution < -0.4 is 15.4 Å². The molecule has 3 aromatic heterocycles. The molecule has 170 valence electrons. The minimum atomic E-state index is -0.445. The highest BCUT2D eigenvalue weighted by Gasteiger charge is 2.23. The Morgan fingerprint density at radius 3 is 2.58 bits per heavy atom. The maximum Gasteiger partial charge on any atom is 0.274 e. The van der Waals surface area contributed by atoms with E-state index in [0.717, 1.165) is 0 Å². The van der Waals surface area contributed by atoms with Crippen molar-refractivity contribution in [1.82, 2.24) is 40.1 Å². The molecule has 0 saturated carbocycles. The molecule has 0 aliphatic carbocycles. The van der Waals surface area contributed by atoms with Crippen LogP contribution in [0, 0.1) is 0 Å². The van der Waals surface area contributed by atoms with Crippen molar-refractivity contribution in [2.75, 3.05) is 12.4 Å². The van der Waals surface area contributed by atoms with Crippen molar-refractivity contribution in [2.24, 2.45) is 7.05 Å². The molecule has 0 unspecified atom stereocenters. The van der Waals surface area contributed by atoms with Crippen LogP contribution in [0.1, 0.15) is 31.3 Å². The summed E-state index contributed by atoms with van der Waals surface area (Å²) in [6, 6.07) is 9.05. The number of nitrogens with zero attached hydrogens (tertiary/aromatic N) is 7. The molecule has 33 heavy (non-hydrogen) atoms. The van der Waals surface area contributed by atoms with Gasteiger partial charge in [-0.1, -0.05) is 6.07 Å². The third kappa shape index (κ3) is 4.81. The summed E-state index contributed by atoms with van der Waals surface area (Å²) in [5, 5.41) is 23.2. The summed E-state index contributed by atoms with van der Waals surface area (Å²) in [6.45, 7) is 5.70. The number of anilines is 2. The van der Waals surface area contributed by atoms with Crippen LogP contribution in [0.25, 0.3) is 17.2 Å². The third-order valence-electron chi connectivity index (χ3n) is 4.55. The predicted molar refractivity (Wildman–Crippen MR) is 123 cm³/mol. The first-order valence-corrected chi connectivity index (χ1v) is 10.3. The molecule has 3 heterocycles. The van der Waals surface area contributed by atoms with Gasteiger partial charge in [0.2, 0.25) is 0 Å². The predicted octanol–water partition coefficient (Wildman–Crippen LogP) is 2.74. The maximum atomic E-state index is 13.0. The van der Waals surface area contributed by atoms with E-state index in [-0.39, 0.29) is 11.6 Å². The third-order valence-corrected chi connectivity index (χ3v) is 4.55. The molecule has 1 aromatic carbocycles. The lowest BCUT2D eigenvalue weighted by Crippen LogP contribution is -2.41. The minimum absolute atomic E-state index is 0.143. The largest absolute Gasteiger partial charge is 0.494 e. The number of methoxy groups -OCH3 is 1. The summed E-state index contributed by atoms with van der Waals surface area (Å²) in [7, 11) is 3.37. The molecule has 0 fully saturated rings. The van der Waals surface area contributed by atoms with E-state index in [0.29, 0.717) is 34.3 Å². The SMILES string of the molecule is COc1c(Nc2cc(-n3cccn3)nnc2C(=O)NC(C)(C)C)cccc1-c1ncn(C)n1. The fraction of sp³-hybridized carbons (Fsp3) is 0.273. The Morgan fingerprint density at radius 1 is 1.12 bits per heavy atom. The molecule has 4 rings (SSSR count). The molecule has 0 saturated heterocycles. The Hall–Kier alpha value is -4.28. The van der Waals surface area contributed by atoms with Crippen molar-refractivity contribution in [1.29, 1.82) is 0 Å². The lowest BCUT2D eigenvalue weighted by atomic mass is 10.1. The second kappa shape index (κ2) is 8.69. The van der Waals surface area contributed by atoms with Gasteiger partial charge in [-0.2, -0.15) is 10.2 Å². The molecule has 0 aliphatic heterocycles.